The molecule has 1 fully saturated rings. The first-order valence-corrected chi connectivity index (χ1v) is 7.79. The van der Waals surface area contributed by atoms with Crippen LogP contribution in [0.3, 0.4) is 0 Å². The molecule has 3 heterocycles. The van der Waals surface area contributed by atoms with Gasteiger partial charge in [-0.2, -0.15) is 14.6 Å². The van der Waals surface area contributed by atoms with Crippen molar-refractivity contribution in [3.05, 3.63) is 18.1 Å². The molecule has 0 aromatic carbocycles. The van der Waals surface area contributed by atoms with Crippen LogP contribution in [0.2, 0.25) is 0 Å². The highest BCUT2D eigenvalue weighted by Gasteiger charge is 2.21. The van der Waals surface area contributed by atoms with Crippen molar-refractivity contribution >= 4 is 11.6 Å². The molecule has 1 aliphatic rings. The van der Waals surface area contributed by atoms with Gasteiger partial charge in [0.25, 0.3) is 5.78 Å². The van der Waals surface area contributed by atoms with Gasteiger partial charge in [-0.1, -0.05) is 13.8 Å². The number of anilines is 1. The van der Waals surface area contributed by atoms with Crippen molar-refractivity contribution in [2.45, 2.75) is 39.7 Å². The van der Waals surface area contributed by atoms with Gasteiger partial charge < -0.3 is 10.2 Å². The van der Waals surface area contributed by atoms with E-state index in [9.17, 15) is 0 Å². The monoisotopic (exact) mass is 288 g/mol. The summed E-state index contributed by atoms with van der Waals surface area (Å²) in [5, 5.41) is 7.93. The quantitative estimate of drug-likeness (QED) is 0.906. The molecule has 2 aromatic heterocycles. The highest BCUT2D eigenvalue weighted by molar-refractivity contribution is 5.47. The predicted octanol–water partition coefficient (Wildman–Crippen LogP) is 1.65. The van der Waals surface area contributed by atoms with Crippen LogP contribution in [-0.2, 0) is 0 Å². The summed E-state index contributed by atoms with van der Waals surface area (Å²) >= 11 is 0. The van der Waals surface area contributed by atoms with Crippen LogP contribution in [0.25, 0.3) is 5.78 Å². The molecule has 0 radical (unpaired) electrons. The molecule has 1 N–H and O–H groups in total. The minimum atomic E-state index is 0.566. The smallest absolute Gasteiger partial charge is 0.254 e. The molecule has 114 valence electrons. The van der Waals surface area contributed by atoms with Gasteiger partial charge in [0.2, 0.25) is 0 Å². The lowest BCUT2D eigenvalue weighted by molar-refractivity contribution is 0.534. The maximum Gasteiger partial charge on any atom is 0.254 e. The van der Waals surface area contributed by atoms with E-state index in [-0.39, 0.29) is 0 Å². The average molecular weight is 288 g/mol. The number of hydrogen-bond donors (Lipinski definition) is 1. The summed E-state index contributed by atoms with van der Waals surface area (Å²) in [5.41, 5.74) is 0.985. The molecule has 0 saturated carbocycles. The number of rotatable bonds is 5. The van der Waals surface area contributed by atoms with Crippen molar-refractivity contribution in [2.75, 3.05) is 24.5 Å². The second-order valence-electron chi connectivity index (χ2n) is 6.32. The Hall–Kier alpha value is -1.69. The number of fused-ring (bicyclic) bond motifs is 1. The van der Waals surface area contributed by atoms with E-state index in [4.69, 9.17) is 0 Å². The van der Waals surface area contributed by atoms with Crippen LogP contribution in [0.5, 0.6) is 0 Å². The summed E-state index contributed by atoms with van der Waals surface area (Å²) in [6, 6.07) is 2.68. The standard InChI is InChI=1S/C15H24N6/c1-11(2)8-20(9-13-5-4-6-16-13)14-7-12(3)19-15-17-10-18-21(14)15/h7,10-11,13,16H,4-6,8-9H2,1-3H3. The highest BCUT2D eigenvalue weighted by atomic mass is 15.4. The Kier molecular flexibility index (Phi) is 4.05. The van der Waals surface area contributed by atoms with E-state index < -0.39 is 0 Å². The van der Waals surface area contributed by atoms with Crippen LogP contribution in [0.15, 0.2) is 12.4 Å². The number of aryl methyl sites for hydroxylation is 1. The third-order valence-corrected chi connectivity index (χ3v) is 3.87. The van der Waals surface area contributed by atoms with E-state index in [2.05, 4.69) is 45.2 Å². The summed E-state index contributed by atoms with van der Waals surface area (Å²) in [7, 11) is 0. The van der Waals surface area contributed by atoms with E-state index in [1.807, 2.05) is 11.4 Å². The molecule has 0 bridgehead atoms. The van der Waals surface area contributed by atoms with Crippen LogP contribution < -0.4 is 10.2 Å². The lowest BCUT2D eigenvalue weighted by Crippen LogP contribution is -2.40. The lowest BCUT2D eigenvalue weighted by atomic mass is 10.1. The maximum atomic E-state index is 4.44. The number of hydrogen-bond acceptors (Lipinski definition) is 5. The van der Waals surface area contributed by atoms with Gasteiger partial charge in [0.05, 0.1) is 0 Å². The Morgan fingerprint density at radius 3 is 3.05 bits per heavy atom. The predicted molar refractivity (Wildman–Crippen MR) is 83.6 cm³/mol. The first kappa shape index (κ1) is 14.3. The SMILES string of the molecule is Cc1cc(N(CC(C)C)CC2CCCN2)n2ncnc2n1. The van der Waals surface area contributed by atoms with E-state index in [0.29, 0.717) is 17.7 Å². The van der Waals surface area contributed by atoms with Crippen molar-refractivity contribution in [3.63, 3.8) is 0 Å². The van der Waals surface area contributed by atoms with Gasteiger partial charge in [-0.05, 0) is 32.2 Å². The molecule has 1 aliphatic heterocycles. The molecule has 21 heavy (non-hydrogen) atoms. The fourth-order valence-electron chi connectivity index (χ4n) is 3.02. The van der Waals surface area contributed by atoms with Gasteiger partial charge in [0.15, 0.2) is 0 Å². The number of nitrogens with zero attached hydrogens (tertiary/aromatic N) is 5. The first-order valence-electron chi connectivity index (χ1n) is 7.79. The van der Waals surface area contributed by atoms with Crippen LogP contribution in [-0.4, -0.2) is 45.3 Å². The third-order valence-electron chi connectivity index (χ3n) is 3.87. The zero-order valence-corrected chi connectivity index (χ0v) is 13.1. The molecule has 6 heteroatoms. The van der Waals surface area contributed by atoms with Crippen LogP contribution in [0.1, 0.15) is 32.4 Å². The Bertz CT molecular complexity index is 599. The minimum absolute atomic E-state index is 0.566. The molecular weight excluding hydrogens is 264 g/mol. The first-order chi connectivity index (χ1) is 10.1. The molecule has 1 atom stereocenters. The molecule has 1 saturated heterocycles. The summed E-state index contributed by atoms with van der Waals surface area (Å²) in [5.74, 6) is 2.37. The zero-order chi connectivity index (χ0) is 14.8. The van der Waals surface area contributed by atoms with Gasteiger partial charge in [0.1, 0.15) is 12.1 Å². The number of nitrogens with one attached hydrogen (secondary N) is 1. The largest absolute Gasteiger partial charge is 0.355 e. The van der Waals surface area contributed by atoms with Crippen molar-refractivity contribution in [1.29, 1.82) is 0 Å². The van der Waals surface area contributed by atoms with Gasteiger partial charge in [0, 0.05) is 30.9 Å². The second kappa shape index (κ2) is 5.97. The van der Waals surface area contributed by atoms with Crippen LogP contribution in [0, 0.1) is 12.8 Å². The van der Waals surface area contributed by atoms with E-state index >= 15 is 0 Å². The molecule has 0 amide bonds. The molecular formula is C15H24N6. The van der Waals surface area contributed by atoms with Gasteiger partial charge in [-0.3, -0.25) is 0 Å². The fourth-order valence-corrected chi connectivity index (χ4v) is 3.02. The summed E-state index contributed by atoms with van der Waals surface area (Å²) < 4.78 is 1.85. The van der Waals surface area contributed by atoms with E-state index in [1.165, 1.54) is 12.8 Å². The van der Waals surface area contributed by atoms with Crippen molar-refractivity contribution in [1.82, 2.24) is 24.9 Å². The molecule has 0 spiro atoms. The third kappa shape index (κ3) is 3.15. The topological polar surface area (TPSA) is 58.4 Å². The zero-order valence-electron chi connectivity index (χ0n) is 13.1. The van der Waals surface area contributed by atoms with Crippen LogP contribution in [0.4, 0.5) is 5.82 Å². The summed E-state index contributed by atoms with van der Waals surface area (Å²) in [6.07, 6.45) is 4.10. The van der Waals surface area contributed by atoms with Crippen molar-refractivity contribution in [3.8, 4) is 0 Å². The summed E-state index contributed by atoms with van der Waals surface area (Å²) in [6.45, 7) is 9.67. The maximum absolute atomic E-state index is 4.44. The van der Waals surface area contributed by atoms with E-state index in [0.717, 1.165) is 31.1 Å². The molecule has 1 unspecified atom stereocenters. The summed E-state index contributed by atoms with van der Waals surface area (Å²) in [4.78, 5) is 11.1. The minimum Gasteiger partial charge on any atom is -0.355 e. The fraction of sp³-hybridized carbons (Fsp3) is 0.667. The molecule has 2 aromatic rings. The lowest BCUT2D eigenvalue weighted by Gasteiger charge is -2.29. The van der Waals surface area contributed by atoms with Crippen LogP contribution >= 0.6 is 0 Å². The normalized spacial score (nSPS) is 18.8. The number of aromatic nitrogens is 4. The van der Waals surface area contributed by atoms with Gasteiger partial charge in [-0.15, -0.1) is 0 Å². The highest BCUT2D eigenvalue weighted by Crippen LogP contribution is 2.19. The molecule has 0 aliphatic carbocycles. The van der Waals surface area contributed by atoms with Crippen molar-refractivity contribution < 1.29 is 0 Å². The Balaban J connectivity index is 1.94. The molecule has 6 nitrogen and oxygen atoms in total. The van der Waals surface area contributed by atoms with Crippen molar-refractivity contribution in [2.24, 2.45) is 5.92 Å². The Labute approximate surface area is 125 Å². The van der Waals surface area contributed by atoms with E-state index in [1.54, 1.807) is 6.33 Å². The molecule has 3 rings (SSSR count). The second-order valence-corrected chi connectivity index (χ2v) is 6.32. The van der Waals surface area contributed by atoms with Gasteiger partial charge in [-0.25, -0.2) is 4.98 Å². The Morgan fingerprint density at radius 1 is 1.48 bits per heavy atom. The Morgan fingerprint density at radius 2 is 2.33 bits per heavy atom. The van der Waals surface area contributed by atoms with Gasteiger partial charge >= 0.3 is 0 Å². The average Bonchev–Trinajstić information content (AvgIpc) is 3.07.